The topological polar surface area (TPSA) is 158 Å². The second-order valence-corrected chi connectivity index (χ2v) is 26.9. The molecule has 11 rings (SSSR count). The van der Waals surface area contributed by atoms with E-state index < -0.39 is 10.0 Å². The standard InChI is InChI=1S/C72H91N7O4S/c1-4-7-10-13-16-19-22-25-28-31-34-49-45-59(73)67-61(46-49)75-69-55-39-35-51-52-36-40-56-66-58(42-38-54(64(52)66)53-37-41-57(65(55)63(51)53)71(80)78(67)69)72(81)79-68-60(74)47-50(48-62(68)76-70(56)79)84(82,83)77(43-32-29-26-23-20-17-14-11-8-5-2)44-33-30-27-24-21-18-15-12-9-6-3/h35-42,45-48H,4-34,43-44,73-74H2,1-3H3. The molecule has 0 spiro atoms. The summed E-state index contributed by atoms with van der Waals surface area (Å²) in [5.41, 5.74) is 18.5. The van der Waals surface area contributed by atoms with Crippen LogP contribution in [0.5, 0.6) is 0 Å². The molecule has 0 radical (unpaired) electrons. The lowest BCUT2D eigenvalue weighted by molar-refractivity contribution is 0.383. The number of sulfonamides is 1. The molecule has 0 aliphatic heterocycles. The second-order valence-electron chi connectivity index (χ2n) is 24.9. The first-order valence-corrected chi connectivity index (χ1v) is 34.4. The largest absolute Gasteiger partial charge is 0.397 e. The molecule has 0 aliphatic carbocycles. The molecule has 12 heteroatoms. The van der Waals surface area contributed by atoms with E-state index in [4.69, 9.17) is 21.4 Å². The normalized spacial score (nSPS) is 12.8. The van der Waals surface area contributed by atoms with E-state index in [1.54, 1.807) is 25.2 Å². The number of hydrogen-bond donors (Lipinski definition) is 2. The van der Waals surface area contributed by atoms with Gasteiger partial charge in [0.1, 0.15) is 11.3 Å². The van der Waals surface area contributed by atoms with Crippen molar-refractivity contribution in [1.29, 1.82) is 0 Å². The number of rotatable bonds is 35. The number of fused-ring (bicyclic) bond motifs is 10. The summed E-state index contributed by atoms with van der Waals surface area (Å²) in [4.78, 5) is 40.3. The van der Waals surface area contributed by atoms with Gasteiger partial charge >= 0.3 is 0 Å². The fourth-order valence-corrected chi connectivity index (χ4v) is 15.9. The molecule has 0 amide bonds. The highest BCUT2D eigenvalue weighted by atomic mass is 32.2. The summed E-state index contributed by atoms with van der Waals surface area (Å²) in [6, 6.07) is 23.6. The number of benzene rings is 7. The van der Waals surface area contributed by atoms with E-state index in [0.717, 1.165) is 116 Å². The van der Waals surface area contributed by atoms with Crippen LogP contribution in [0.2, 0.25) is 0 Å². The highest BCUT2D eigenvalue weighted by Gasteiger charge is 2.29. The van der Waals surface area contributed by atoms with Crippen LogP contribution in [-0.2, 0) is 16.4 Å². The number of aryl methyl sites for hydroxylation is 1. The Morgan fingerprint density at radius 2 is 0.714 bits per heavy atom. The van der Waals surface area contributed by atoms with Gasteiger partial charge in [0.25, 0.3) is 11.1 Å². The number of unbranched alkanes of at least 4 members (excludes halogenated alkanes) is 27. The average Bonchev–Trinajstić information content (AvgIpc) is 1.13. The van der Waals surface area contributed by atoms with Crippen molar-refractivity contribution in [1.82, 2.24) is 23.1 Å². The Balaban J connectivity index is 0.899. The maximum atomic E-state index is 15.0. The molecule has 4 heterocycles. The van der Waals surface area contributed by atoms with Gasteiger partial charge in [-0.1, -0.05) is 218 Å². The summed E-state index contributed by atoms with van der Waals surface area (Å²) in [6.07, 6.45) is 37.3. The maximum absolute atomic E-state index is 15.0. The number of aromatic nitrogens is 4. The number of nitrogen functional groups attached to an aromatic ring is 2. The van der Waals surface area contributed by atoms with Crippen LogP contribution in [0, 0.1) is 0 Å². The Bertz CT molecular complexity index is 4260. The Kier molecular flexibility index (Phi) is 19.0. The van der Waals surface area contributed by atoms with E-state index in [1.165, 1.54) is 148 Å². The molecule has 4 aromatic heterocycles. The zero-order valence-corrected chi connectivity index (χ0v) is 51.5. The first-order valence-electron chi connectivity index (χ1n) is 33.0. The predicted octanol–water partition coefficient (Wildman–Crippen LogP) is 18.7. The van der Waals surface area contributed by atoms with E-state index in [-0.39, 0.29) is 21.7 Å². The summed E-state index contributed by atoms with van der Waals surface area (Å²) < 4.78 is 34.7. The van der Waals surface area contributed by atoms with E-state index in [2.05, 4.69) is 45.0 Å². The summed E-state index contributed by atoms with van der Waals surface area (Å²) in [6.45, 7) is 7.69. The molecule has 0 unspecified atom stereocenters. The van der Waals surface area contributed by atoms with Gasteiger partial charge in [0.05, 0.1) is 38.3 Å². The van der Waals surface area contributed by atoms with Crippen molar-refractivity contribution in [2.45, 2.75) is 225 Å². The van der Waals surface area contributed by atoms with Crippen LogP contribution in [0.1, 0.15) is 219 Å². The lowest BCUT2D eigenvalue weighted by atomic mass is 9.86. The number of imidazole rings is 2. The summed E-state index contributed by atoms with van der Waals surface area (Å²) >= 11 is 0. The zero-order chi connectivity index (χ0) is 58.3. The number of hydrogen-bond acceptors (Lipinski definition) is 8. The molecule has 444 valence electrons. The minimum absolute atomic E-state index is 0.114. The van der Waals surface area contributed by atoms with Crippen LogP contribution in [-0.4, -0.2) is 44.6 Å². The van der Waals surface area contributed by atoms with Gasteiger partial charge in [-0.25, -0.2) is 18.4 Å². The minimum Gasteiger partial charge on any atom is -0.397 e. The van der Waals surface area contributed by atoms with Gasteiger partial charge in [0.2, 0.25) is 10.0 Å². The highest BCUT2D eigenvalue weighted by Crippen LogP contribution is 2.46. The molecule has 11 aromatic rings. The monoisotopic (exact) mass is 1150 g/mol. The lowest BCUT2D eigenvalue weighted by Crippen LogP contribution is -2.33. The van der Waals surface area contributed by atoms with Gasteiger partial charge in [-0.2, -0.15) is 4.31 Å². The fourth-order valence-electron chi connectivity index (χ4n) is 14.3. The van der Waals surface area contributed by atoms with Gasteiger partial charge in [-0.05, 0) is 112 Å². The number of pyridine rings is 2. The smallest absolute Gasteiger partial charge is 0.264 e. The Labute approximate surface area is 496 Å². The Morgan fingerprint density at radius 1 is 0.393 bits per heavy atom. The first-order chi connectivity index (χ1) is 41.1. The SMILES string of the molecule is CCCCCCCCCCCCc1cc(N)c2c(c1)nc1c3ccc4c5ccc6c7c(ccc(c8ccc(c(=O)n12)c3c84)c57)c(=O)n1c6nc2cc(S(=O)(=O)N(CCCCCCCCCCCC)CCCCCCCCCCCC)cc(N)c21. The molecule has 4 N–H and O–H groups in total. The summed E-state index contributed by atoms with van der Waals surface area (Å²) in [5, 5.41) is 10.2. The van der Waals surface area contributed by atoms with Crippen LogP contribution < -0.4 is 22.6 Å². The van der Waals surface area contributed by atoms with Gasteiger partial charge < -0.3 is 11.5 Å². The molecule has 0 atom stereocenters. The molecular formula is C72H91N7O4S. The van der Waals surface area contributed by atoms with E-state index in [0.29, 0.717) is 57.4 Å². The van der Waals surface area contributed by atoms with Crippen molar-refractivity contribution in [3.63, 3.8) is 0 Å². The Hall–Kier alpha value is -6.37. The molecule has 0 aliphatic rings. The van der Waals surface area contributed by atoms with Crippen LogP contribution in [0.15, 0.2) is 87.3 Å². The highest BCUT2D eigenvalue weighted by molar-refractivity contribution is 7.89. The summed E-state index contributed by atoms with van der Waals surface area (Å²) in [5.74, 6) is 0. The fraction of sp³-hybridized carbons (Fsp3) is 0.500. The predicted molar refractivity (Wildman–Crippen MR) is 357 cm³/mol. The van der Waals surface area contributed by atoms with Crippen LogP contribution in [0.25, 0.3) is 98.0 Å². The first kappa shape index (κ1) is 59.4. The van der Waals surface area contributed by atoms with Crippen LogP contribution >= 0.6 is 0 Å². The van der Waals surface area contributed by atoms with E-state index in [1.807, 2.05) is 36.4 Å². The third-order valence-corrected chi connectivity index (χ3v) is 20.7. The van der Waals surface area contributed by atoms with Crippen molar-refractivity contribution >= 4 is 119 Å². The van der Waals surface area contributed by atoms with Crippen LogP contribution in [0.3, 0.4) is 0 Å². The molecule has 0 saturated carbocycles. The van der Waals surface area contributed by atoms with Gasteiger partial charge in [-0.15, -0.1) is 0 Å². The van der Waals surface area contributed by atoms with Crippen molar-refractivity contribution in [3.05, 3.63) is 99.1 Å². The number of nitrogens with two attached hydrogens (primary N) is 2. The molecule has 0 fully saturated rings. The average molecular weight is 1150 g/mol. The maximum Gasteiger partial charge on any atom is 0.264 e. The van der Waals surface area contributed by atoms with Gasteiger partial charge in [-0.3, -0.25) is 18.4 Å². The van der Waals surface area contributed by atoms with Gasteiger partial charge in [0, 0.05) is 45.4 Å². The van der Waals surface area contributed by atoms with Crippen molar-refractivity contribution in [2.24, 2.45) is 0 Å². The zero-order valence-electron chi connectivity index (χ0n) is 50.7. The number of anilines is 2. The molecular weight excluding hydrogens is 1060 g/mol. The lowest BCUT2D eigenvalue weighted by Gasteiger charge is -2.22. The quantitative estimate of drug-likeness (QED) is 0.0172. The molecule has 0 bridgehead atoms. The third kappa shape index (κ3) is 11.7. The molecule has 11 nitrogen and oxygen atoms in total. The van der Waals surface area contributed by atoms with Crippen molar-refractivity contribution in [3.8, 4) is 0 Å². The molecule has 0 saturated heterocycles. The second kappa shape index (κ2) is 26.9. The molecule has 84 heavy (non-hydrogen) atoms. The van der Waals surface area contributed by atoms with Crippen molar-refractivity contribution < 1.29 is 8.42 Å². The third-order valence-electron chi connectivity index (χ3n) is 18.8. The summed E-state index contributed by atoms with van der Waals surface area (Å²) in [7, 11) is -3.96. The van der Waals surface area contributed by atoms with Crippen LogP contribution in [0.4, 0.5) is 11.4 Å². The minimum atomic E-state index is -3.96. The van der Waals surface area contributed by atoms with Gasteiger partial charge in [0.15, 0.2) is 0 Å². The van der Waals surface area contributed by atoms with E-state index >= 15 is 4.79 Å². The van der Waals surface area contributed by atoms with E-state index in [9.17, 15) is 13.2 Å². The number of nitrogens with zero attached hydrogens (tertiary/aromatic N) is 5. The molecule has 7 aromatic carbocycles. The van der Waals surface area contributed by atoms with Crippen molar-refractivity contribution in [2.75, 3.05) is 24.6 Å². The Morgan fingerprint density at radius 3 is 1.12 bits per heavy atom.